The van der Waals surface area contributed by atoms with Gasteiger partial charge in [-0.25, -0.2) is 4.79 Å². The fourth-order valence-electron chi connectivity index (χ4n) is 2.36. The van der Waals surface area contributed by atoms with Gasteiger partial charge in [-0.15, -0.1) is 0 Å². The number of amides is 3. The number of nitrogens with one attached hydrogen (secondary N) is 2. The second-order valence-corrected chi connectivity index (χ2v) is 6.42. The number of aliphatic hydroxyl groups is 1. The lowest BCUT2D eigenvalue weighted by molar-refractivity contribution is -0.142. The molecule has 0 spiro atoms. The second-order valence-electron chi connectivity index (χ2n) is 6.42. The van der Waals surface area contributed by atoms with Gasteiger partial charge in [0.25, 0.3) is 0 Å². The van der Waals surface area contributed by atoms with Gasteiger partial charge in [-0.1, -0.05) is 30.3 Å². The van der Waals surface area contributed by atoms with Gasteiger partial charge < -0.3 is 32.3 Å². The summed E-state index contributed by atoms with van der Waals surface area (Å²) in [6.07, 6.45) is -1.47. The zero-order chi connectivity index (χ0) is 21.3. The first-order valence-electron chi connectivity index (χ1n) is 8.71. The molecule has 0 bridgehead atoms. The average molecular weight is 394 g/mol. The van der Waals surface area contributed by atoms with Crippen molar-refractivity contribution in [3.05, 3.63) is 35.9 Å². The van der Waals surface area contributed by atoms with Gasteiger partial charge in [0.05, 0.1) is 6.10 Å². The number of carboxylic acids is 1. The van der Waals surface area contributed by atoms with Crippen LogP contribution in [0.3, 0.4) is 0 Å². The Hall–Kier alpha value is -2.98. The Morgan fingerprint density at radius 2 is 1.61 bits per heavy atom. The predicted octanol–water partition coefficient (Wildman–Crippen LogP) is -1.74. The van der Waals surface area contributed by atoms with Crippen molar-refractivity contribution in [1.82, 2.24) is 10.6 Å². The first-order chi connectivity index (χ1) is 13.1. The van der Waals surface area contributed by atoms with Crippen LogP contribution in [0, 0.1) is 0 Å². The summed E-state index contributed by atoms with van der Waals surface area (Å²) in [7, 11) is 0. The van der Waals surface area contributed by atoms with E-state index in [2.05, 4.69) is 10.6 Å². The van der Waals surface area contributed by atoms with Crippen molar-refractivity contribution < 1.29 is 29.4 Å². The van der Waals surface area contributed by atoms with Gasteiger partial charge in [0, 0.05) is 12.8 Å². The Morgan fingerprint density at radius 3 is 2.11 bits per heavy atom. The Labute approximate surface area is 162 Å². The van der Waals surface area contributed by atoms with E-state index in [-0.39, 0.29) is 19.3 Å². The Morgan fingerprint density at radius 1 is 1.04 bits per heavy atom. The van der Waals surface area contributed by atoms with Crippen LogP contribution < -0.4 is 22.1 Å². The fourth-order valence-corrected chi connectivity index (χ4v) is 2.36. The predicted molar refractivity (Wildman–Crippen MR) is 99.7 cm³/mol. The normalized spacial score (nSPS) is 15.0. The van der Waals surface area contributed by atoms with E-state index >= 15 is 0 Å². The van der Waals surface area contributed by atoms with Gasteiger partial charge in [-0.3, -0.25) is 14.4 Å². The number of carbonyl (C=O) groups is 4. The summed E-state index contributed by atoms with van der Waals surface area (Å²) in [5.41, 5.74) is 11.3. The Kier molecular flexibility index (Phi) is 9.06. The van der Waals surface area contributed by atoms with Crippen molar-refractivity contribution >= 4 is 23.7 Å². The highest BCUT2D eigenvalue weighted by Crippen LogP contribution is 2.06. The minimum absolute atomic E-state index is 0.0765. The van der Waals surface area contributed by atoms with Crippen molar-refractivity contribution in [2.24, 2.45) is 11.5 Å². The smallest absolute Gasteiger partial charge is 0.326 e. The molecule has 4 atom stereocenters. The number of carboxylic acid groups (broad SMARTS) is 1. The second kappa shape index (κ2) is 11.0. The van der Waals surface area contributed by atoms with Crippen molar-refractivity contribution in [2.75, 3.05) is 0 Å². The summed E-state index contributed by atoms with van der Waals surface area (Å²) in [6.45, 7) is 1.33. The SMILES string of the molecule is C[C@@H](O)[C@H](N)C(=O)N[C@@H](Cc1ccccc1)C(=O)N[C@@H](CCC(N)=O)C(=O)O. The largest absolute Gasteiger partial charge is 0.480 e. The molecular formula is C18H26N4O6. The summed E-state index contributed by atoms with van der Waals surface area (Å²) in [4.78, 5) is 47.0. The number of hydrogen-bond donors (Lipinski definition) is 6. The topological polar surface area (TPSA) is 185 Å². The maximum absolute atomic E-state index is 12.6. The summed E-state index contributed by atoms with van der Waals surface area (Å²) < 4.78 is 0. The monoisotopic (exact) mass is 394 g/mol. The summed E-state index contributed by atoms with van der Waals surface area (Å²) >= 11 is 0. The third-order valence-electron chi connectivity index (χ3n) is 4.03. The maximum atomic E-state index is 12.6. The van der Waals surface area contributed by atoms with Crippen molar-refractivity contribution in [1.29, 1.82) is 0 Å². The zero-order valence-electron chi connectivity index (χ0n) is 15.5. The number of aliphatic carboxylic acids is 1. The van der Waals surface area contributed by atoms with Gasteiger partial charge in [0.2, 0.25) is 17.7 Å². The third kappa shape index (κ3) is 7.72. The molecule has 0 heterocycles. The number of carbonyl (C=O) groups excluding carboxylic acids is 3. The average Bonchev–Trinajstić information content (AvgIpc) is 2.63. The van der Waals surface area contributed by atoms with Crippen LogP contribution in [0.25, 0.3) is 0 Å². The van der Waals surface area contributed by atoms with E-state index in [0.717, 1.165) is 5.56 Å². The lowest BCUT2D eigenvalue weighted by Gasteiger charge is -2.23. The molecule has 1 aromatic carbocycles. The number of hydrogen-bond acceptors (Lipinski definition) is 6. The molecule has 28 heavy (non-hydrogen) atoms. The zero-order valence-corrected chi connectivity index (χ0v) is 15.5. The van der Waals surface area contributed by atoms with Crippen LogP contribution >= 0.6 is 0 Å². The van der Waals surface area contributed by atoms with Crippen LogP contribution in [0.2, 0.25) is 0 Å². The van der Waals surface area contributed by atoms with E-state index in [9.17, 15) is 29.4 Å². The lowest BCUT2D eigenvalue weighted by atomic mass is 10.0. The van der Waals surface area contributed by atoms with E-state index in [1.165, 1.54) is 6.92 Å². The fraction of sp³-hybridized carbons (Fsp3) is 0.444. The van der Waals surface area contributed by atoms with Gasteiger partial charge in [0.1, 0.15) is 18.1 Å². The molecule has 1 rings (SSSR count). The molecule has 0 aliphatic rings. The molecule has 0 unspecified atom stereocenters. The van der Waals surface area contributed by atoms with Gasteiger partial charge >= 0.3 is 5.97 Å². The molecule has 0 aliphatic carbocycles. The highest BCUT2D eigenvalue weighted by atomic mass is 16.4. The molecule has 10 heteroatoms. The molecule has 154 valence electrons. The standard InChI is InChI=1S/C18H26N4O6/c1-10(23)15(20)17(26)22-13(9-11-5-3-2-4-6-11)16(25)21-12(18(27)28)7-8-14(19)24/h2-6,10,12-13,15,23H,7-9,20H2,1H3,(H2,19,24)(H,21,25)(H,22,26)(H,27,28)/t10-,12+,13+,15+/m1/s1. The van der Waals surface area contributed by atoms with Crippen molar-refractivity contribution in [3.63, 3.8) is 0 Å². The molecule has 1 aromatic rings. The lowest BCUT2D eigenvalue weighted by Crippen LogP contribution is -2.57. The first kappa shape index (κ1) is 23.1. The third-order valence-corrected chi connectivity index (χ3v) is 4.03. The van der Waals surface area contributed by atoms with E-state index in [1.54, 1.807) is 30.3 Å². The van der Waals surface area contributed by atoms with E-state index in [1.807, 2.05) is 0 Å². The minimum atomic E-state index is -1.35. The van der Waals surface area contributed by atoms with Gasteiger partial charge in [-0.2, -0.15) is 0 Å². The number of nitrogens with two attached hydrogens (primary N) is 2. The molecule has 10 nitrogen and oxygen atoms in total. The molecule has 0 saturated carbocycles. The molecule has 0 radical (unpaired) electrons. The Balaban J connectivity index is 2.94. The van der Waals surface area contributed by atoms with Crippen LogP contribution in [0.15, 0.2) is 30.3 Å². The minimum Gasteiger partial charge on any atom is -0.480 e. The Bertz CT molecular complexity index is 695. The van der Waals surface area contributed by atoms with E-state index < -0.39 is 47.9 Å². The number of aliphatic hydroxyl groups excluding tert-OH is 1. The van der Waals surface area contributed by atoms with Crippen molar-refractivity contribution in [2.45, 2.75) is 50.4 Å². The van der Waals surface area contributed by atoms with Crippen LogP contribution in [-0.4, -0.2) is 58.1 Å². The maximum Gasteiger partial charge on any atom is 0.326 e. The molecule has 8 N–H and O–H groups in total. The van der Waals surface area contributed by atoms with E-state index in [0.29, 0.717) is 0 Å². The molecule has 0 aromatic heterocycles. The van der Waals surface area contributed by atoms with Crippen LogP contribution in [0.4, 0.5) is 0 Å². The summed E-state index contributed by atoms with van der Waals surface area (Å²) in [6, 6.07) is 5.03. The summed E-state index contributed by atoms with van der Waals surface area (Å²) in [5.74, 6) is -3.54. The molecular weight excluding hydrogens is 368 g/mol. The molecule has 0 saturated heterocycles. The van der Waals surface area contributed by atoms with Crippen LogP contribution in [0.5, 0.6) is 0 Å². The van der Waals surface area contributed by atoms with Crippen LogP contribution in [-0.2, 0) is 25.6 Å². The van der Waals surface area contributed by atoms with Gasteiger partial charge in [0.15, 0.2) is 0 Å². The first-order valence-corrected chi connectivity index (χ1v) is 8.71. The number of rotatable bonds is 11. The van der Waals surface area contributed by atoms with Crippen LogP contribution in [0.1, 0.15) is 25.3 Å². The molecule has 0 fully saturated rings. The number of benzene rings is 1. The molecule has 0 aliphatic heterocycles. The summed E-state index contributed by atoms with van der Waals surface area (Å²) in [5, 5.41) is 23.4. The van der Waals surface area contributed by atoms with Gasteiger partial charge in [-0.05, 0) is 18.9 Å². The van der Waals surface area contributed by atoms with E-state index in [4.69, 9.17) is 11.5 Å². The van der Waals surface area contributed by atoms with Crippen molar-refractivity contribution in [3.8, 4) is 0 Å². The molecule has 3 amide bonds. The highest BCUT2D eigenvalue weighted by molar-refractivity contribution is 5.92. The number of primary amides is 1. The highest BCUT2D eigenvalue weighted by Gasteiger charge is 2.29. The quantitative estimate of drug-likeness (QED) is 0.257.